The monoisotopic (exact) mass is 300 g/mol. The summed E-state index contributed by atoms with van der Waals surface area (Å²) in [7, 11) is -3.60. The third-order valence-corrected chi connectivity index (χ3v) is 4.90. The zero-order valence-electron chi connectivity index (χ0n) is 10.5. The summed E-state index contributed by atoms with van der Waals surface area (Å²) in [5.41, 5.74) is 5.49. The van der Waals surface area contributed by atoms with Crippen LogP contribution in [-0.4, -0.2) is 32.2 Å². The molecule has 0 spiro atoms. The van der Waals surface area contributed by atoms with Gasteiger partial charge in [0.1, 0.15) is 4.99 Å². The van der Waals surface area contributed by atoms with E-state index in [0.29, 0.717) is 25.2 Å². The fourth-order valence-corrected chi connectivity index (χ4v) is 3.54. The molecule has 19 heavy (non-hydrogen) atoms. The maximum atomic E-state index is 12.3. The van der Waals surface area contributed by atoms with Crippen molar-refractivity contribution in [2.24, 2.45) is 5.73 Å². The van der Waals surface area contributed by atoms with Gasteiger partial charge in [0.05, 0.1) is 17.0 Å². The molecule has 1 fully saturated rings. The lowest BCUT2D eigenvalue weighted by Gasteiger charge is -2.23. The van der Waals surface area contributed by atoms with Crippen molar-refractivity contribution in [3.8, 4) is 0 Å². The fraction of sp³-hybridized carbons (Fsp3) is 0.417. The van der Waals surface area contributed by atoms with Gasteiger partial charge < -0.3 is 10.5 Å². The van der Waals surface area contributed by atoms with Crippen molar-refractivity contribution in [3.63, 3.8) is 0 Å². The SMILES string of the molecule is CC1(NS(=O)(=O)c2cccc(C(N)=S)c2)CCOC1. The highest BCUT2D eigenvalue weighted by Crippen LogP contribution is 2.21. The first-order chi connectivity index (χ1) is 8.82. The van der Waals surface area contributed by atoms with Gasteiger partial charge in [-0.1, -0.05) is 24.4 Å². The van der Waals surface area contributed by atoms with E-state index in [-0.39, 0.29) is 9.88 Å². The molecular weight excluding hydrogens is 284 g/mol. The average molecular weight is 300 g/mol. The Hall–Kier alpha value is -1.02. The molecule has 1 saturated heterocycles. The molecule has 7 heteroatoms. The van der Waals surface area contributed by atoms with Gasteiger partial charge in [0.2, 0.25) is 10.0 Å². The predicted molar refractivity (Wildman–Crippen MR) is 76.5 cm³/mol. The lowest BCUT2D eigenvalue weighted by atomic mass is 10.0. The lowest BCUT2D eigenvalue weighted by molar-refractivity contribution is 0.178. The van der Waals surface area contributed by atoms with E-state index in [1.165, 1.54) is 12.1 Å². The molecule has 1 aromatic rings. The minimum atomic E-state index is -3.60. The van der Waals surface area contributed by atoms with Gasteiger partial charge >= 0.3 is 0 Å². The second kappa shape index (κ2) is 5.16. The van der Waals surface area contributed by atoms with Crippen LogP contribution in [0.4, 0.5) is 0 Å². The van der Waals surface area contributed by atoms with E-state index in [1.807, 2.05) is 6.92 Å². The lowest BCUT2D eigenvalue weighted by Crippen LogP contribution is -2.46. The molecule has 0 bridgehead atoms. The van der Waals surface area contributed by atoms with Crippen LogP contribution in [0.3, 0.4) is 0 Å². The maximum Gasteiger partial charge on any atom is 0.241 e. The first-order valence-electron chi connectivity index (χ1n) is 5.84. The summed E-state index contributed by atoms with van der Waals surface area (Å²) < 4.78 is 32.5. The van der Waals surface area contributed by atoms with E-state index in [0.717, 1.165) is 0 Å². The van der Waals surface area contributed by atoms with Gasteiger partial charge in [-0.2, -0.15) is 0 Å². The van der Waals surface area contributed by atoms with Crippen molar-refractivity contribution in [1.29, 1.82) is 0 Å². The molecule has 1 aromatic carbocycles. The first kappa shape index (κ1) is 14.4. The molecule has 1 aliphatic heterocycles. The Balaban J connectivity index is 2.29. The number of nitrogens with two attached hydrogens (primary N) is 1. The van der Waals surface area contributed by atoms with Crippen molar-refractivity contribution in [2.45, 2.75) is 23.8 Å². The molecule has 0 aromatic heterocycles. The van der Waals surface area contributed by atoms with E-state index in [4.69, 9.17) is 22.7 Å². The molecule has 1 aliphatic rings. The average Bonchev–Trinajstić information content (AvgIpc) is 2.75. The summed E-state index contributed by atoms with van der Waals surface area (Å²) in [6, 6.07) is 6.30. The summed E-state index contributed by atoms with van der Waals surface area (Å²) in [6.07, 6.45) is 0.654. The molecule has 1 atom stereocenters. The maximum absolute atomic E-state index is 12.3. The largest absolute Gasteiger partial charge is 0.389 e. The van der Waals surface area contributed by atoms with Gasteiger partial charge in [-0.3, -0.25) is 0 Å². The van der Waals surface area contributed by atoms with Crippen LogP contribution in [-0.2, 0) is 14.8 Å². The van der Waals surface area contributed by atoms with Gasteiger partial charge in [0.15, 0.2) is 0 Å². The second-order valence-electron chi connectivity index (χ2n) is 4.86. The summed E-state index contributed by atoms with van der Waals surface area (Å²) in [4.78, 5) is 0.332. The minimum Gasteiger partial charge on any atom is -0.389 e. The summed E-state index contributed by atoms with van der Waals surface area (Å²) >= 11 is 4.85. The third kappa shape index (κ3) is 3.30. The van der Waals surface area contributed by atoms with E-state index in [1.54, 1.807) is 12.1 Å². The van der Waals surface area contributed by atoms with Crippen LogP contribution in [0.5, 0.6) is 0 Å². The molecule has 0 aliphatic carbocycles. The van der Waals surface area contributed by atoms with E-state index >= 15 is 0 Å². The van der Waals surface area contributed by atoms with Crippen LogP contribution < -0.4 is 10.5 Å². The molecule has 5 nitrogen and oxygen atoms in total. The zero-order valence-corrected chi connectivity index (χ0v) is 12.2. The van der Waals surface area contributed by atoms with E-state index in [9.17, 15) is 8.42 Å². The Kier molecular flexibility index (Phi) is 3.91. The molecule has 0 radical (unpaired) electrons. The topological polar surface area (TPSA) is 81.4 Å². The molecule has 0 amide bonds. The van der Waals surface area contributed by atoms with Crippen molar-refractivity contribution < 1.29 is 13.2 Å². The number of hydrogen-bond acceptors (Lipinski definition) is 4. The number of nitrogens with one attached hydrogen (secondary N) is 1. The normalized spacial score (nSPS) is 23.4. The number of ether oxygens (including phenoxy) is 1. The summed E-state index contributed by atoms with van der Waals surface area (Å²) in [5, 5.41) is 0. The van der Waals surface area contributed by atoms with Gasteiger partial charge in [0.25, 0.3) is 0 Å². The number of hydrogen-bond donors (Lipinski definition) is 2. The van der Waals surface area contributed by atoms with Crippen molar-refractivity contribution in [2.75, 3.05) is 13.2 Å². The van der Waals surface area contributed by atoms with Crippen LogP contribution >= 0.6 is 12.2 Å². The predicted octanol–water partition coefficient (Wildman–Crippen LogP) is 0.778. The van der Waals surface area contributed by atoms with Gasteiger partial charge in [-0.15, -0.1) is 0 Å². The highest BCUT2D eigenvalue weighted by Gasteiger charge is 2.34. The van der Waals surface area contributed by atoms with Crippen molar-refractivity contribution in [1.82, 2.24) is 4.72 Å². The van der Waals surface area contributed by atoms with Crippen LogP contribution in [0.1, 0.15) is 18.9 Å². The van der Waals surface area contributed by atoms with Crippen LogP contribution in [0.25, 0.3) is 0 Å². The third-order valence-electron chi connectivity index (χ3n) is 3.03. The van der Waals surface area contributed by atoms with E-state index in [2.05, 4.69) is 4.72 Å². The molecule has 3 N–H and O–H groups in total. The second-order valence-corrected chi connectivity index (χ2v) is 6.98. The van der Waals surface area contributed by atoms with E-state index < -0.39 is 15.6 Å². The molecule has 1 heterocycles. The zero-order chi connectivity index (χ0) is 14.1. The Morgan fingerprint density at radius 2 is 2.26 bits per heavy atom. The first-order valence-corrected chi connectivity index (χ1v) is 7.73. The number of benzene rings is 1. The van der Waals surface area contributed by atoms with Crippen molar-refractivity contribution in [3.05, 3.63) is 29.8 Å². The molecule has 2 rings (SSSR count). The quantitative estimate of drug-likeness (QED) is 0.803. The minimum absolute atomic E-state index is 0.158. The Morgan fingerprint density at radius 1 is 1.53 bits per heavy atom. The van der Waals surface area contributed by atoms with Gasteiger partial charge in [-0.25, -0.2) is 13.1 Å². The highest BCUT2D eigenvalue weighted by molar-refractivity contribution is 7.89. The van der Waals surface area contributed by atoms with Crippen molar-refractivity contribution >= 4 is 27.2 Å². The molecule has 1 unspecified atom stereocenters. The smallest absolute Gasteiger partial charge is 0.241 e. The Morgan fingerprint density at radius 3 is 2.84 bits per heavy atom. The van der Waals surface area contributed by atoms with Gasteiger partial charge in [-0.05, 0) is 25.5 Å². The molecular formula is C12H16N2O3S2. The standard InChI is InChI=1S/C12H16N2O3S2/c1-12(5-6-17-8-12)14-19(15,16)10-4-2-3-9(7-10)11(13)18/h2-4,7,14H,5-6,8H2,1H3,(H2,13,18). The van der Waals surface area contributed by atoms with Crippen LogP contribution in [0, 0.1) is 0 Å². The Bertz CT molecular complexity index is 593. The Labute approximate surface area is 118 Å². The molecule has 104 valence electrons. The molecule has 0 saturated carbocycles. The number of thiocarbonyl (C=S) groups is 1. The summed E-state index contributed by atoms with van der Waals surface area (Å²) in [5.74, 6) is 0. The van der Waals surface area contributed by atoms with Gasteiger partial charge in [0, 0.05) is 12.2 Å². The van der Waals surface area contributed by atoms with Crippen LogP contribution in [0.2, 0.25) is 0 Å². The number of sulfonamides is 1. The number of rotatable bonds is 4. The highest BCUT2D eigenvalue weighted by atomic mass is 32.2. The van der Waals surface area contributed by atoms with Crippen LogP contribution in [0.15, 0.2) is 29.2 Å². The summed E-state index contributed by atoms with van der Waals surface area (Å²) in [6.45, 7) is 2.77. The fourth-order valence-electron chi connectivity index (χ4n) is 1.95.